The molecule has 3 heteroatoms. The molecule has 0 saturated carbocycles. The van der Waals surface area contributed by atoms with Gasteiger partial charge in [0.1, 0.15) is 5.75 Å². The van der Waals surface area contributed by atoms with Gasteiger partial charge in [0.15, 0.2) is 5.78 Å². The SMILES string of the molecule is CCCOc1cncc(C(=O)c2ccc3c(c2)CCC3)c1. The van der Waals surface area contributed by atoms with Crippen LogP contribution in [0.2, 0.25) is 0 Å². The molecule has 3 rings (SSSR count). The van der Waals surface area contributed by atoms with Crippen molar-refractivity contribution in [1.82, 2.24) is 4.98 Å². The molecule has 0 fully saturated rings. The summed E-state index contributed by atoms with van der Waals surface area (Å²) in [7, 11) is 0. The standard InChI is InChI=1S/C18H19NO2/c1-2-8-21-17-10-16(11-19-12-17)18(20)15-7-6-13-4-3-5-14(13)9-15/h6-7,9-12H,2-5,8H2,1H3. The van der Waals surface area contributed by atoms with Crippen molar-refractivity contribution in [3.05, 3.63) is 58.9 Å². The van der Waals surface area contributed by atoms with E-state index in [0.717, 1.165) is 24.8 Å². The van der Waals surface area contributed by atoms with Crippen molar-refractivity contribution in [1.29, 1.82) is 0 Å². The first-order valence-electron chi connectivity index (χ1n) is 7.52. The monoisotopic (exact) mass is 281 g/mol. The number of nitrogens with zero attached hydrogens (tertiary/aromatic N) is 1. The van der Waals surface area contributed by atoms with Gasteiger partial charge in [-0.25, -0.2) is 0 Å². The molecule has 0 aliphatic heterocycles. The lowest BCUT2D eigenvalue weighted by atomic mass is 10.0. The quantitative estimate of drug-likeness (QED) is 0.786. The van der Waals surface area contributed by atoms with Gasteiger partial charge < -0.3 is 4.74 Å². The second-order valence-corrected chi connectivity index (χ2v) is 5.42. The number of aromatic nitrogens is 1. The van der Waals surface area contributed by atoms with Gasteiger partial charge in [0.2, 0.25) is 0 Å². The lowest BCUT2D eigenvalue weighted by Crippen LogP contribution is -2.04. The smallest absolute Gasteiger partial charge is 0.194 e. The Balaban J connectivity index is 1.84. The zero-order valence-electron chi connectivity index (χ0n) is 12.3. The topological polar surface area (TPSA) is 39.2 Å². The number of fused-ring (bicyclic) bond motifs is 1. The second-order valence-electron chi connectivity index (χ2n) is 5.42. The fraction of sp³-hybridized carbons (Fsp3) is 0.333. The fourth-order valence-corrected chi connectivity index (χ4v) is 2.72. The molecule has 0 amide bonds. The molecule has 0 atom stereocenters. The van der Waals surface area contributed by atoms with Crippen LogP contribution in [0, 0.1) is 0 Å². The first-order chi connectivity index (χ1) is 10.3. The van der Waals surface area contributed by atoms with Crippen LogP contribution in [0.15, 0.2) is 36.7 Å². The Bertz CT molecular complexity index is 664. The van der Waals surface area contributed by atoms with E-state index in [1.54, 1.807) is 18.5 Å². The van der Waals surface area contributed by atoms with Gasteiger partial charge >= 0.3 is 0 Å². The molecule has 2 aromatic rings. The van der Waals surface area contributed by atoms with Crippen molar-refractivity contribution in [2.24, 2.45) is 0 Å². The van der Waals surface area contributed by atoms with Gasteiger partial charge in [0.05, 0.1) is 12.8 Å². The van der Waals surface area contributed by atoms with Gasteiger partial charge in [-0.15, -0.1) is 0 Å². The number of hydrogen-bond donors (Lipinski definition) is 0. The van der Waals surface area contributed by atoms with Crippen molar-refractivity contribution in [2.75, 3.05) is 6.61 Å². The molecule has 1 aromatic heterocycles. The van der Waals surface area contributed by atoms with Crippen LogP contribution >= 0.6 is 0 Å². The van der Waals surface area contributed by atoms with E-state index in [1.807, 2.05) is 19.1 Å². The molecule has 21 heavy (non-hydrogen) atoms. The fourth-order valence-electron chi connectivity index (χ4n) is 2.72. The van der Waals surface area contributed by atoms with Gasteiger partial charge in [-0.3, -0.25) is 9.78 Å². The molecule has 0 spiro atoms. The number of benzene rings is 1. The van der Waals surface area contributed by atoms with Crippen LogP contribution in [0.3, 0.4) is 0 Å². The molecule has 0 bridgehead atoms. The van der Waals surface area contributed by atoms with Crippen molar-refractivity contribution in [3.63, 3.8) is 0 Å². The average Bonchev–Trinajstić information content (AvgIpc) is 3.00. The highest BCUT2D eigenvalue weighted by Gasteiger charge is 2.15. The van der Waals surface area contributed by atoms with E-state index in [4.69, 9.17) is 4.74 Å². The zero-order valence-corrected chi connectivity index (χ0v) is 12.3. The number of ketones is 1. The van der Waals surface area contributed by atoms with Gasteiger partial charge in [-0.1, -0.05) is 19.1 Å². The van der Waals surface area contributed by atoms with Crippen molar-refractivity contribution in [2.45, 2.75) is 32.6 Å². The normalized spacial score (nSPS) is 13.0. The van der Waals surface area contributed by atoms with Crippen molar-refractivity contribution in [3.8, 4) is 5.75 Å². The van der Waals surface area contributed by atoms with E-state index < -0.39 is 0 Å². The third-order valence-corrected chi connectivity index (χ3v) is 3.81. The summed E-state index contributed by atoms with van der Waals surface area (Å²) in [5, 5.41) is 0. The number of hydrogen-bond acceptors (Lipinski definition) is 3. The summed E-state index contributed by atoms with van der Waals surface area (Å²) in [6.07, 6.45) is 7.58. The summed E-state index contributed by atoms with van der Waals surface area (Å²) >= 11 is 0. The summed E-state index contributed by atoms with van der Waals surface area (Å²) in [5.74, 6) is 0.669. The molecule has 1 aliphatic carbocycles. The number of rotatable bonds is 5. The minimum absolute atomic E-state index is 0.0131. The third-order valence-electron chi connectivity index (χ3n) is 3.81. The zero-order chi connectivity index (χ0) is 14.7. The van der Waals surface area contributed by atoms with E-state index in [0.29, 0.717) is 17.9 Å². The maximum Gasteiger partial charge on any atom is 0.194 e. The lowest BCUT2D eigenvalue weighted by molar-refractivity contribution is 0.103. The molecule has 0 saturated heterocycles. The maximum absolute atomic E-state index is 12.6. The van der Waals surface area contributed by atoms with E-state index in [1.165, 1.54) is 17.5 Å². The van der Waals surface area contributed by atoms with Gasteiger partial charge in [-0.2, -0.15) is 0 Å². The van der Waals surface area contributed by atoms with Crippen molar-refractivity contribution < 1.29 is 9.53 Å². The number of aryl methyl sites for hydroxylation is 2. The number of ether oxygens (including phenoxy) is 1. The van der Waals surface area contributed by atoms with Gasteiger partial charge in [0.25, 0.3) is 0 Å². The predicted molar refractivity (Wildman–Crippen MR) is 81.9 cm³/mol. The largest absolute Gasteiger partial charge is 0.492 e. The third kappa shape index (κ3) is 2.97. The molecular formula is C18H19NO2. The van der Waals surface area contributed by atoms with Gasteiger partial charge in [0, 0.05) is 17.3 Å². The molecule has 108 valence electrons. The van der Waals surface area contributed by atoms with Crippen LogP contribution in [-0.2, 0) is 12.8 Å². The molecule has 0 radical (unpaired) electrons. The number of pyridine rings is 1. The molecule has 1 aromatic carbocycles. The van der Waals surface area contributed by atoms with E-state index in [2.05, 4.69) is 11.1 Å². The summed E-state index contributed by atoms with van der Waals surface area (Å²) in [5.41, 5.74) is 4.02. The highest BCUT2D eigenvalue weighted by atomic mass is 16.5. The molecule has 1 heterocycles. The maximum atomic E-state index is 12.6. The Kier molecular flexibility index (Phi) is 4.00. The highest BCUT2D eigenvalue weighted by molar-refractivity contribution is 6.09. The Morgan fingerprint density at radius 2 is 2.00 bits per heavy atom. The van der Waals surface area contributed by atoms with E-state index in [-0.39, 0.29) is 5.78 Å². The Hall–Kier alpha value is -2.16. The lowest BCUT2D eigenvalue weighted by Gasteiger charge is -2.07. The van der Waals surface area contributed by atoms with E-state index >= 15 is 0 Å². The minimum Gasteiger partial charge on any atom is -0.492 e. The van der Waals surface area contributed by atoms with Crippen LogP contribution in [0.25, 0.3) is 0 Å². The summed E-state index contributed by atoms with van der Waals surface area (Å²) in [4.78, 5) is 16.7. The van der Waals surface area contributed by atoms with Crippen LogP contribution < -0.4 is 4.74 Å². The molecular weight excluding hydrogens is 262 g/mol. The minimum atomic E-state index is 0.0131. The Labute approximate surface area is 125 Å². The summed E-state index contributed by atoms with van der Waals surface area (Å²) in [6, 6.07) is 7.81. The van der Waals surface area contributed by atoms with E-state index in [9.17, 15) is 4.79 Å². The average molecular weight is 281 g/mol. The first kappa shape index (κ1) is 13.8. The van der Waals surface area contributed by atoms with Gasteiger partial charge in [-0.05, 0) is 48.9 Å². The molecule has 0 N–H and O–H groups in total. The van der Waals surface area contributed by atoms with Crippen LogP contribution in [-0.4, -0.2) is 17.4 Å². The van der Waals surface area contributed by atoms with Crippen LogP contribution in [0.1, 0.15) is 46.8 Å². The highest BCUT2D eigenvalue weighted by Crippen LogP contribution is 2.24. The van der Waals surface area contributed by atoms with Crippen molar-refractivity contribution >= 4 is 5.78 Å². The molecule has 0 unspecified atom stereocenters. The van der Waals surface area contributed by atoms with Crippen LogP contribution in [0.4, 0.5) is 0 Å². The second kappa shape index (κ2) is 6.08. The summed E-state index contributed by atoms with van der Waals surface area (Å²) in [6.45, 7) is 2.69. The first-order valence-corrected chi connectivity index (χ1v) is 7.52. The molecule has 1 aliphatic rings. The predicted octanol–water partition coefficient (Wildman–Crippen LogP) is 3.59. The number of carbonyl (C=O) groups excluding carboxylic acids is 1. The number of carbonyl (C=O) groups is 1. The summed E-state index contributed by atoms with van der Waals surface area (Å²) < 4.78 is 5.54. The Morgan fingerprint density at radius 3 is 2.86 bits per heavy atom. The molecule has 3 nitrogen and oxygen atoms in total. The van der Waals surface area contributed by atoms with Crippen LogP contribution in [0.5, 0.6) is 5.75 Å². The Morgan fingerprint density at radius 1 is 1.14 bits per heavy atom.